The second kappa shape index (κ2) is 6.75. The quantitative estimate of drug-likeness (QED) is 0.825. The van der Waals surface area contributed by atoms with E-state index in [1.54, 1.807) is 0 Å². The van der Waals surface area contributed by atoms with Crippen LogP contribution in [0.3, 0.4) is 0 Å². The van der Waals surface area contributed by atoms with Gasteiger partial charge in [0.1, 0.15) is 5.75 Å². The van der Waals surface area contributed by atoms with Crippen LogP contribution in [0, 0.1) is 12.8 Å². The Hall–Kier alpha value is -1.07. The maximum atomic E-state index is 10.8. The van der Waals surface area contributed by atoms with Gasteiger partial charge in [0, 0.05) is 0 Å². The van der Waals surface area contributed by atoms with Crippen molar-refractivity contribution in [3.05, 3.63) is 29.8 Å². The predicted octanol–water partition coefficient (Wildman–Crippen LogP) is 2.08. The molecule has 1 rings (SSSR count). The van der Waals surface area contributed by atoms with Crippen molar-refractivity contribution >= 4 is 10.0 Å². The zero-order chi connectivity index (χ0) is 13.6. The van der Waals surface area contributed by atoms with Crippen molar-refractivity contribution in [3.63, 3.8) is 0 Å². The van der Waals surface area contributed by atoms with Crippen molar-refractivity contribution in [3.8, 4) is 5.75 Å². The summed E-state index contributed by atoms with van der Waals surface area (Å²) >= 11 is 0. The highest BCUT2D eigenvalue weighted by atomic mass is 32.2. The van der Waals surface area contributed by atoms with E-state index in [9.17, 15) is 8.42 Å². The fourth-order valence-electron chi connectivity index (χ4n) is 1.52. The molecule has 0 saturated carbocycles. The lowest BCUT2D eigenvalue weighted by Crippen LogP contribution is -2.18. The van der Waals surface area contributed by atoms with E-state index in [0.29, 0.717) is 13.0 Å². The Balaban J connectivity index is 2.23. The first-order valence-electron chi connectivity index (χ1n) is 6.07. The van der Waals surface area contributed by atoms with Crippen LogP contribution in [0.25, 0.3) is 0 Å². The number of primary sulfonamides is 1. The molecule has 0 amide bonds. The van der Waals surface area contributed by atoms with E-state index in [1.165, 1.54) is 5.56 Å². The molecule has 18 heavy (non-hydrogen) atoms. The molecule has 0 radical (unpaired) electrons. The largest absolute Gasteiger partial charge is 0.494 e. The number of nitrogens with two attached hydrogens (primary N) is 1. The van der Waals surface area contributed by atoms with Crippen LogP contribution in [0.4, 0.5) is 0 Å². The van der Waals surface area contributed by atoms with Gasteiger partial charge in [-0.2, -0.15) is 0 Å². The lowest BCUT2D eigenvalue weighted by molar-refractivity contribution is 0.282. The summed E-state index contributed by atoms with van der Waals surface area (Å²) < 4.78 is 27.2. The summed E-state index contributed by atoms with van der Waals surface area (Å²) in [7, 11) is -3.34. The molecule has 0 aliphatic heterocycles. The van der Waals surface area contributed by atoms with E-state index >= 15 is 0 Å². The second-order valence-corrected chi connectivity index (χ2v) is 6.44. The van der Waals surface area contributed by atoms with Gasteiger partial charge in [0.15, 0.2) is 0 Å². The van der Waals surface area contributed by atoms with Crippen molar-refractivity contribution in [1.82, 2.24) is 0 Å². The first-order chi connectivity index (χ1) is 8.37. The number of rotatable bonds is 7. The molecule has 0 fully saturated rings. The number of aryl methyl sites for hydroxylation is 1. The lowest BCUT2D eigenvalue weighted by atomic mass is 10.1. The SMILES string of the molecule is Cc1ccc(OCCC(C)CCS(N)(=O)=O)cc1. The van der Waals surface area contributed by atoms with Crippen LogP contribution in [-0.2, 0) is 10.0 Å². The molecule has 0 spiro atoms. The maximum Gasteiger partial charge on any atom is 0.209 e. The van der Waals surface area contributed by atoms with Gasteiger partial charge in [0.05, 0.1) is 12.4 Å². The lowest BCUT2D eigenvalue weighted by Gasteiger charge is -2.11. The molecule has 0 aromatic heterocycles. The summed E-state index contributed by atoms with van der Waals surface area (Å²) in [4.78, 5) is 0. The Bertz CT molecular complexity index is 454. The highest BCUT2D eigenvalue weighted by Gasteiger charge is 2.08. The highest BCUT2D eigenvalue weighted by Crippen LogP contribution is 2.14. The molecule has 4 nitrogen and oxygen atoms in total. The fraction of sp³-hybridized carbons (Fsp3) is 0.538. The Kier molecular flexibility index (Phi) is 5.62. The van der Waals surface area contributed by atoms with Crippen LogP contribution in [-0.4, -0.2) is 20.8 Å². The van der Waals surface area contributed by atoms with Gasteiger partial charge in [-0.1, -0.05) is 24.6 Å². The van der Waals surface area contributed by atoms with Crippen molar-refractivity contribution in [2.24, 2.45) is 11.1 Å². The van der Waals surface area contributed by atoms with Gasteiger partial charge in [-0.15, -0.1) is 0 Å². The molecule has 5 heteroatoms. The number of benzene rings is 1. The minimum Gasteiger partial charge on any atom is -0.494 e. The van der Waals surface area contributed by atoms with Crippen molar-refractivity contribution in [2.75, 3.05) is 12.4 Å². The van der Waals surface area contributed by atoms with E-state index in [-0.39, 0.29) is 11.7 Å². The van der Waals surface area contributed by atoms with Crippen LogP contribution < -0.4 is 9.88 Å². The molecule has 1 aromatic rings. The van der Waals surface area contributed by atoms with Crippen molar-refractivity contribution in [2.45, 2.75) is 26.7 Å². The van der Waals surface area contributed by atoms with Gasteiger partial charge in [-0.05, 0) is 37.8 Å². The highest BCUT2D eigenvalue weighted by molar-refractivity contribution is 7.89. The molecule has 102 valence electrons. The average molecular weight is 271 g/mol. The second-order valence-electron chi connectivity index (χ2n) is 4.71. The number of hydrogen-bond donors (Lipinski definition) is 1. The predicted molar refractivity (Wildman–Crippen MR) is 73.0 cm³/mol. The first-order valence-corrected chi connectivity index (χ1v) is 7.78. The topological polar surface area (TPSA) is 69.4 Å². The summed E-state index contributed by atoms with van der Waals surface area (Å²) in [6, 6.07) is 7.87. The van der Waals surface area contributed by atoms with Crippen LogP contribution in [0.5, 0.6) is 5.75 Å². The van der Waals surface area contributed by atoms with Crippen LogP contribution in [0.1, 0.15) is 25.3 Å². The summed E-state index contributed by atoms with van der Waals surface area (Å²) in [5.41, 5.74) is 1.20. The van der Waals surface area contributed by atoms with Gasteiger partial charge < -0.3 is 4.74 Å². The molecular weight excluding hydrogens is 250 g/mol. The number of sulfonamides is 1. The third-order valence-electron chi connectivity index (χ3n) is 2.80. The number of hydrogen-bond acceptors (Lipinski definition) is 3. The molecule has 1 aromatic carbocycles. The van der Waals surface area contributed by atoms with E-state index < -0.39 is 10.0 Å². The first kappa shape index (κ1) is 15.0. The minimum absolute atomic E-state index is 0.0404. The molecule has 0 bridgehead atoms. The Morgan fingerprint density at radius 2 is 1.83 bits per heavy atom. The van der Waals surface area contributed by atoms with Crippen molar-refractivity contribution < 1.29 is 13.2 Å². The van der Waals surface area contributed by atoms with Crippen molar-refractivity contribution in [1.29, 1.82) is 0 Å². The Labute approximate surface area is 109 Å². The molecular formula is C13H21NO3S. The van der Waals surface area contributed by atoms with Gasteiger partial charge in [-0.25, -0.2) is 13.6 Å². The third-order valence-corrected chi connectivity index (χ3v) is 3.60. The van der Waals surface area contributed by atoms with Crippen LogP contribution >= 0.6 is 0 Å². The van der Waals surface area contributed by atoms with Gasteiger partial charge in [0.25, 0.3) is 0 Å². The molecule has 1 unspecified atom stereocenters. The molecule has 1 atom stereocenters. The zero-order valence-corrected chi connectivity index (χ0v) is 11.7. The average Bonchev–Trinajstić information content (AvgIpc) is 2.28. The van der Waals surface area contributed by atoms with E-state index in [0.717, 1.165) is 12.2 Å². The van der Waals surface area contributed by atoms with Gasteiger partial charge >= 0.3 is 0 Å². The Morgan fingerprint density at radius 3 is 2.39 bits per heavy atom. The van der Waals surface area contributed by atoms with Crippen LogP contribution in [0.2, 0.25) is 0 Å². The molecule has 0 aliphatic carbocycles. The summed E-state index contributed by atoms with van der Waals surface area (Å²) in [6.45, 7) is 4.62. The van der Waals surface area contributed by atoms with E-state index in [4.69, 9.17) is 9.88 Å². The summed E-state index contributed by atoms with van der Waals surface area (Å²) in [6.07, 6.45) is 1.40. The molecule has 0 aliphatic rings. The maximum absolute atomic E-state index is 10.8. The fourth-order valence-corrected chi connectivity index (χ4v) is 2.25. The third kappa shape index (κ3) is 6.61. The molecule has 0 saturated heterocycles. The van der Waals surface area contributed by atoms with Gasteiger partial charge in [-0.3, -0.25) is 0 Å². The molecule has 2 N–H and O–H groups in total. The van der Waals surface area contributed by atoms with Crippen LogP contribution in [0.15, 0.2) is 24.3 Å². The smallest absolute Gasteiger partial charge is 0.209 e. The van der Waals surface area contributed by atoms with E-state index in [1.807, 2.05) is 38.1 Å². The molecule has 0 heterocycles. The summed E-state index contributed by atoms with van der Waals surface area (Å²) in [5, 5.41) is 4.96. The Morgan fingerprint density at radius 1 is 1.22 bits per heavy atom. The van der Waals surface area contributed by atoms with Gasteiger partial charge in [0.2, 0.25) is 10.0 Å². The standard InChI is InChI=1S/C13H21NO3S/c1-11-3-5-13(6-4-11)17-9-7-12(2)8-10-18(14,15)16/h3-6,12H,7-10H2,1-2H3,(H2,14,15,16). The zero-order valence-electron chi connectivity index (χ0n) is 10.9. The minimum atomic E-state index is -3.34. The van der Waals surface area contributed by atoms with E-state index in [2.05, 4.69) is 0 Å². The number of ether oxygens (including phenoxy) is 1. The monoisotopic (exact) mass is 271 g/mol. The summed E-state index contributed by atoms with van der Waals surface area (Å²) in [5.74, 6) is 1.17. The normalized spacial score (nSPS) is 13.3.